The number of phenols is 1. The molecule has 0 unspecified atom stereocenters. The van der Waals surface area contributed by atoms with Gasteiger partial charge in [-0.05, 0) is 69.4 Å². The number of hydrogen-bond donors (Lipinski definition) is 2. The molecule has 8 heteroatoms. The van der Waals surface area contributed by atoms with Crippen LogP contribution in [0, 0.1) is 4.77 Å². The lowest BCUT2D eigenvalue weighted by Gasteiger charge is -2.20. The topological polar surface area (TPSA) is 78.7 Å². The van der Waals surface area contributed by atoms with Crippen molar-refractivity contribution in [1.82, 2.24) is 14.9 Å². The number of benzene rings is 2. The number of phenolic OH excluding ortho intramolecular Hbond substituents is 1. The van der Waals surface area contributed by atoms with Crippen LogP contribution in [-0.2, 0) is 0 Å². The maximum Gasteiger partial charge on any atom is 0.216 e. The molecule has 0 radical (unpaired) electrons. The van der Waals surface area contributed by atoms with Crippen molar-refractivity contribution in [3.05, 3.63) is 52.8 Å². The van der Waals surface area contributed by atoms with Gasteiger partial charge in [0.05, 0.1) is 12.8 Å². The number of aromatic hydroxyl groups is 1. The van der Waals surface area contributed by atoms with Gasteiger partial charge in [0, 0.05) is 29.9 Å². The standard InChI is InChI=1S/C21H25N5O2S/c1-4-25(5-2)17-12-10-15(11-13-17)20-23-24-21(29)26(20)22-14-16-8-7-9-18(19(16)27)28-6-3/h7-14,27H,4-6H2,1-3H3,(H,24,29). The molecule has 0 aliphatic carbocycles. The zero-order chi connectivity index (χ0) is 20.8. The van der Waals surface area contributed by atoms with E-state index in [2.05, 4.69) is 46.2 Å². The average molecular weight is 412 g/mol. The predicted octanol–water partition coefficient (Wildman–Crippen LogP) is 4.44. The van der Waals surface area contributed by atoms with Gasteiger partial charge in [0.15, 0.2) is 17.3 Å². The number of nitrogens with one attached hydrogen (secondary N) is 1. The quantitative estimate of drug-likeness (QED) is 0.423. The molecule has 1 heterocycles. The number of anilines is 1. The van der Waals surface area contributed by atoms with Crippen LogP contribution in [0.1, 0.15) is 26.3 Å². The summed E-state index contributed by atoms with van der Waals surface area (Å²) in [6.45, 7) is 8.49. The highest BCUT2D eigenvalue weighted by atomic mass is 32.1. The van der Waals surface area contributed by atoms with Crippen LogP contribution in [0.2, 0.25) is 0 Å². The Bertz CT molecular complexity index is 1040. The second-order valence-electron chi connectivity index (χ2n) is 6.25. The van der Waals surface area contributed by atoms with Gasteiger partial charge in [0.2, 0.25) is 4.77 Å². The van der Waals surface area contributed by atoms with Crippen molar-refractivity contribution in [3.8, 4) is 22.9 Å². The lowest BCUT2D eigenvalue weighted by molar-refractivity contribution is 0.318. The van der Waals surface area contributed by atoms with Crippen LogP contribution in [0.4, 0.5) is 5.69 Å². The fourth-order valence-corrected chi connectivity index (χ4v) is 3.21. The molecule has 0 atom stereocenters. The van der Waals surface area contributed by atoms with Gasteiger partial charge in [0.25, 0.3) is 0 Å². The Kier molecular flexibility index (Phi) is 6.66. The molecule has 0 amide bonds. The molecule has 0 aliphatic rings. The van der Waals surface area contributed by atoms with E-state index >= 15 is 0 Å². The molecule has 0 fully saturated rings. The van der Waals surface area contributed by atoms with Gasteiger partial charge >= 0.3 is 0 Å². The van der Waals surface area contributed by atoms with Gasteiger partial charge in [-0.1, -0.05) is 6.07 Å². The molecule has 0 saturated carbocycles. The van der Waals surface area contributed by atoms with E-state index in [1.165, 1.54) is 10.9 Å². The molecule has 2 aromatic carbocycles. The van der Waals surface area contributed by atoms with Crippen LogP contribution in [-0.4, -0.2) is 45.9 Å². The molecular formula is C21H25N5O2S. The number of ether oxygens (including phenoxy) is 1. The highest BCUT2D eigenvalue weighted by Crippen LogP contribution is 2.29. The van der Waals surface area contributed by atoms with Crippen molar-refractivity contribution in [2.75, 3.05) is 24.6 Å². The summed E-state index contributed by atoms with van der Waals surface area (Å²) >= 11 is 5.33. The normalized spacial score (nSPS) is 11.1. The summed E-state index contributed by atoms with van der Waals surface area (Å²) in [5.74, 6) is 1.05. The smallest absolute Gasteiger partial charge is 0.216 e. The third-order valence-electron chi connectivity index (χ3n) is 4.55. The highest BCUT2D eigenvalue weighted by Gasteiger charge is 2.10. The molecule has 0 spiro atoms. The lowest BCUT2D eigenvalue weighted by atomic mass is 10.2. The monoisotopic (exact) mass is 411 g/mol. The van der Waals surface area contributed by atoms with E-state index < -0.39 is 0 Å². The molecular weight excluding hydrogens is 386 g/mol. The molecule has 0 aliphatic heterocycles. The molecule has 29 heavy (non-hydrogen) atoms. The summed E-state index contributed by atoms with van der Waals surface area (Å²) < 4.78 is 7.32. The van der Waals surface area contributed by atoms with Crippen LogP contribution in [0.3, 0.4) is 0 Å². The summed E-state index contributed by atoms with van der Waals surface area (Å²) in [6, 6.07) is 13.4. The molecule has 3 rings (SSSR count). The number of rotatable bonds is 8. The van der Waals surface area contributed by atoms with Gasteiger partial charge in [0.1, 0.15) is 0 Å². The Morgan fingerprint density at radius 1 is 1.17 bits per heavy atom. The predicted molar refractivity (Wildman–Crippen MR) is 119 cm³/mol. The van der Waals surface area contributed by atoms with E-state index in [9.17, 15) is 5.11 Å². The molecule has 152 valence electrons. The zero-order valence-corrected chi connectivity index (χ0v) is 17.6. The van der Waals surface area contributed by atoms with Gasteiger partial charge in [-0.15, -0.1) is 0 Å². The average Bonchev–Trinajstić information content (AvgIpc) is 3.11. The highest BCUT2D eigenvalue weighted by molar-refractivity contribution is 7.71. The van der Waals surface area contributed by atoms with E-state index in [-0.39, 0.29) is 5.75 Å². The van der Waals surface area contributed by atoms with E-state index in [0.717, 1.165) is 24.3 Å². The maximum absolute atomic E-state index is 10.4. The number of H-pyrrole nitrogens is 1. The van der Waals surface area contributed by atoms with E-state index in [4.69, 9.17) is 17.0 Å². The summed E-state index contributed by atoms with van der Waals surface area (Å²) in [6.07, 6.45) is 1.54. The van der Waals surface area contributed by atoms with E-state index in [1.807, 2.05) is 19.1 Å². The van der Waals surface area contributed by atoms with Crippen LogP contribution in [0.15, 0.2) is 47.6 Å². The van der Waals surface area contributed by atoms with Crippen molar-refractivity contribution in [3.63, 3.8) is 0 Å². The third kappa shape index (κ3) is 4.48. The first-order valence-electron chi connectivity index (χ1n) is 9.60. The maximum atomic E-state index is 10.4. The van der Waals surface area contributed by atoms with Crippen LogP contribution >= 0.6 is 12.2 Å². The summed E-state index contributed by atoms with van der Waals surface area (Å²) in [7, 11) is 0. The van der Waals surface area contributed by atoms with Crippen molar-refractivity contribution in [1.29, 1.82) is 0 Å². The molecule has 7 nitrogen and oxygen atoms in total. The largest absolute Gasteiger partial charge is 0.504 e. The number of aromatic amines is 1. The van der Waals surface area contributed by atoms with E-state index in [1.54, 1.807) is 18.2 Å². The summed E-state index contributed by atoms with van der Waals surface area (Å²) in [4.78, 5) is 2.27. The number of nitrogens with zero attached hydrogens (tertiary/aromatic N) is 4. The summed E-state index contributed by atoms with van der Waals surface area (Å²) in [5.41, 5.74) is 2.57. The first kappa shape index (κ1) is 20.6. The minimum Gasteiger partial charge on any atom is -0.504 e. The van der Waals surface area contributed by atoms with Crippen LogP contribution in [0.5, 0.6) is 11.5 Å². The van der Waals surface area contributed by atoms with Crippen molar-refractivity contribution in [2.45, 2.75) is 20.8 Å². The minimum absolute atomic E-state index is 0.0400. The summed E-state index contributed by atoms with van der Waals surface area (Å²) in [5, 5.41) is 21.9. The SMILES string of the molecule is CCOc1cccc(C=Nn2c(-c3ccc(N(CC)CC)cc3)n[nH]c2=S)c1O. The number of hydrogen-bond acceptors (Lipinski definition) is 6. The Morgan fingerprint density at radius 3 is 2.55 bits per heavy atom. The van der Waals surface area contributed by atoms with Gasteiger partial charge in [-0.25, -0.2) is 5.10 Å². The first-order chi connectivity index (χ1) is 14.1. The fraction of sp³-hybridized carbons (Fsp3) is 0.286. The Labute approximate surface area is 175 Å². The Balaban J connectivity index is 1.92. The zero-order valence-electron chi connectivity index (χ0n) is 16.8. The number of para-hydroxylation sites is 1. The van der Waals surface area contributed by atoms with E-state index in [0.29, 0.717) is 28.5 Å². The molecule has 2 N–H and O–H groups in total. The van der Waals surface area contributed by atoms with Gasteiger partial charge < -0.3 is 14.7 Å². The van der Waals surface area contributed by atoms with Crippen molar-refractivity contribution < 1.29 is 9.84 Å². The Hall–Kier alpha value is -3.13. The Morgan fingerprint density at radius 2 is 1.90 bits per heavy atom. The third-order valence-corrected chi connectivity index (χ3v) is 4.81. The fourth-order valence-electron chi connectivity index (χ4n) is 3.03. The second-order valence-corrected chi connectivity index (χ2v) is 6.64. The van der Waals surface area contributed by atoms with Crippen molar-refractivity contribution in [2.24, 2.45) is 5.10 Å². The first-order valence-corrected chi connectivity index (χ1v) is 10.0. The van der Waals surface area contributed by atoms with Crippen LogP contribution < -0.4 is 9.64 Å². The number of aromatic nitrogens is 3. The van der Waals surface area contributed by atoms with Gasteiger partial charge in [-0.2, -0.15) is 14.9 Å². The molecule has 3 aromatic rings. The molecule has 1 aromatic heterocycles. The van der Waals surface area contributed by atoms with Gasteiger partial charge in [-0.3, -0.25) is 0 Å². The molecule has 0 bridgehead atoms. The lowest BCUT2D eigenvalue weighted by Crippen LogP contribution is -2.21. The minimum atomic E-state index is 0.0400. The van der Waals surface area contributed by atoms with Crippen molar-refractivity contribution >= 4 is 24.1 Å². The molecule has 0 saturated heterocycles. The van der Waals surface area contributed by atoms with Crippen LogP contribution in [0.25, 0.3) is 11.4 Å². The second kappa shape index (κ2) is 9.38.